The molecule has 1 aromatic carbocycles. The first-order valence-electron chi connectivity index (χ1n) is 6.43. The second kappa shape index (κ2) is 5.22. The SMILES string of the molecule is Brc1ccccc1-c1nc(C2CCCCC2)no1. The number of nitrogens with zero attached hydrogens (tertiary/aromatic N) is 2. The van der Waals surface area contributed by atoms with E-state index in [1.54, 1.807) is 0 Å². The zero-order chi connectivity index (χ0) is 12.4. The summed E-state index contributed by atoms with van der Waals surface area (Å²) < 4.78 is 6.38. The maximum Gasteiger partial charge on any atom is 0.259 e. The van der Waals surface area contributed by atoms with Crippen LogP contribution in [0, 0.1) is 0 Å². The third-order valence-corrected chi connectivity index (χ3v) is 4.21. The molecule has 1 aliphatic carbocycles. The van der Waals surface area contributed by atoms with Crippen LogP contribution >= 0.6 is 15.9 Å². The van der Waals surface area contributed by atoms with Crippen LogP contribution in [0.15, 0.2) is 33.3 Å². The highest BCUT2D eigenvalue weighted by Crippen LogP contribution is 2.33. The molecule has 0 spiro atoms. The van der Waals surface area contributed by atoms with E-state index in [0.717, 1.165) is 15.9 Å². The Bertz CT molecular complexity index is 532. The number of halogens is 1. The molecular weight excluding hydrogens is 292 g/mol. The van der Waals surface area contributed by atoms with Gasteiger partial charge in [-0.1, -0.05) is 36.6 Å². The van der Waals surface area contributed by atoms with E-state index in [0.29, 0.717) is 11.8 Å². The van der Waals surface area contributed by atoms with Crippen molar-refractivity contribution in [3.05, 3.63) is 34.6 Å². The molecule has 4 heteroatoms. The van der Waals surface area contributed by atoms with Gasteiger partial charge in [0.25, 0.3) is 5.89 Å². The van der Waals surface area contributed by atoms with Crippen molar-refractivity contribution in [1.82, 2.24) is 10.1 Å². The van der Waals surface area contributed by atoms with E-state index in [9.17, 15) is 0 Å². The monoisotopic (exact) mass is 306 g/mol. The van der Waals surface area contributed by atoms with E-state index in [4.69, 9.17) is 4.52 Å². The third-order valence-electron chi connectivity index (χ3n) is 3.52. The first kappa shape index (κ1) is 11.9. The zero-order valence-corrected chi connectivity index (χ0v) is 11.7. The first-order chi connectivity index (χ1) is 8.84. The Hall–Kier alpha value is -1.16. The van der Waals surface area contributed by atoms with E-state index in [1.165, 1.54) is 32.1 Å². The predicted octanol–water partition coefficient (Wildman–Crippen LogP) is 4.55. The second-order valence-electron chi connectivity index (χ2n) is 4.77. The molecule has 0 saturated heterocycles. The van der Waals surface area contributed by atoms with Gasteiger partial charge in [-0.15, -0.1) is 0 Å². The van der Waals surface area contributed by atoms with Crippen LogP contribution in [0.1, 0.15) is 43.8 Å². The normalized spacial score (nSPS) is 16.9. The van der Waals surface area contributed by atoms with E-state index < -0.39 is 0 Å². The zero-order valence-electron chi connectivity index (χ0n) is 10.1. The van der Waals surface area contributed by atoms with Gasteiger partial charge in [-0.3, -0.25) is 0 Å². The van der Waals surface area contributed by atoms with Gasteiger partial charge < -0.3 is 4.52 Å². The average molecular weight is 307 g/mol. The minimum Gasteiger partial charge on any atom is -0.334 e. The summed E-state index contributed by atoms with van der Waals surface area (Å²) in [6.45, 7) is 0. The topological polar surface area (TPSA) is 38.9 Å². The molecule has 18 heavy (non-hydrogen) atoms. The molecule has 1 aromatic heterocycles. The summed E-state index contributed by atoms with van der Waals surface area (Å²) >= 11 is 3.51. The van der Waals surface area contributed by atoms with Crippen molar-refractivity contribution in [3.63, 3.8) is 0 Å². The lowest BCUT2D eigenvalue weighted by molar-refractivity contribution is 0.385. The molecule has 1 saturated carbocycles. The van der Waals surface area contributed by atoms with Gasteiger partial charge >= 0.3 is 0 Å². The van der Waals surface area contributed by atoms with Gasteiger partial charge in [-0.25, -0.2) is 0 Å². The molecule has 0 bridgehead atoms. The van der Waals surface area contributed by atoms with Crippen LogP contribution in [-0.2, 0) is 0 Å². The van der Waals surface area contributed by atoms with Crippen molar-refractivity contribution < 1.29 is 4.52 Å². The van der Waals surface area contributed by atoms with Crippen molar-refractivity contribution in [2.75, 3.05) is 0 Å². The highest BCUT2D eigenvalue weighted by Gasteiger charge is 2.21. The molecule has 0 atom stereocenters. The fourth-order valence-corrected chi connectivity index (χ4v) is 2.96. The van der Waals surface area contributed by atoms with Gasteiger partial charge in [-0.05, 0) is 40.9 Å². The van der Waals surface area contributed by atoms with E-state index in [2.05, 4.69) is 26.1 Å². The molecular formula is C14H15BrN2O. The first-order valence-corrected chi connectivity index (χ1v) is 7.22. The van der Waals surface area contributed by atoms with Crippen LogP contribution in [-0.4, -0.2) is 10.1 Å². The summed E-state index contributed by atoms with van der Waals surface area (Å²) in [5, 5.41) is 4.15. The molecule has 1 aliphatic rings. The summed E-state index contributed by atoms with van der Waals surface area (Å²) in [5.41, 5.74) is 0.965. The molecule has 0 aliphatic heterocycles. The van der Waals surface area contributed by atoms with Gasteiger partial charge in [0.05, 0.1) is 5.56 Å². The van der Waals surface area contributed by atoms with Crippen molar-refractivity contribution >= 4 is 15.9 Å². The lowest BCUT2D eigenvalue weighted by Crippen LogP contribution is -2.06. The fraction of sp³-hybridized carbons (Fsp3) is 0.429. The standard InChI is InChI=1S/C14H15BrN2O/c15-12-9-5-4-8-11(12)14-16-13(17-18-14)10-6-2-1-3-7-10/h4-5,8-10H,1-3,6-7H2. The van der Waals surface area contributed by atoms with E-state index in [1.807, 2.05) is 24.3 Å². The Labute approximate surface area is 115 Å². The quantitative estimate of drug-likeness (QED) is 0.817. The molecule has 3 nitrogen and oxygen atoms in total. The van der Waals surface area contributed by atoms with Crippen molar-refractivity contribution in [2.24, 2.45) is 0 Å². The van der Waals surface area contributed by atoms with Gasteiger partial charge in [0.1, 0.15) is 0 Å². The number of benzene rings is 1. The van der Waals surface area contributed by atoms with Crippen LogP contribution in [0.25, 0.3) is 11.5 Å². The van der Waals surface area contributed by atoms with Crippen molar-refractivity contribution in [3.8, 4) is 11.5 Å². The van der Waals surface area contributed by atoms with E-state index >= 15 is 0 Å². The lowest BCUT2D eigenvalue weighted by atomic mass is 9.89. The van der Waals surface area contributed by atoms with Crippen molar-refractivity contribution in [1.29, 1.82) is 0 Å². The highest BCUT2D eigenvalue weighted by molar-refractivity contribution is 9.10. The fourth-order valence-electron chi connectivity index (χ4n) is 2.51. The number of hydrogen-bond acceptors (Lipinski definition) is 3. The van der Waals surface area contributed by atoms with Gasteiger partial charge in [0.15, 0.2) is 5.82 Å². The minimum atomic E-state index is 0.485. The largest absolute Gasteiger partial charge is 0.334 e. The highest BCUT2D eigenvalue weighted by atomic mass is 79.9. The summed E-state index contributed by atoms with van der Waals surface area (Å²) in [6.07, 6.45) is 6.28. The molecule has 0 amide bonds. The molecule has 1 heterocycles. The third kappa shape index (κ3) is 2.34. The maximum absolute atomic E-state index is 5.39. The second-order valence-corrected chi connectivity index (χ2v) is 5.63. The Morgan fingerprint density at radius 3 is 2.67 bits per heavy atom. The number of rotatable bonds is 2. The van der Waals surface area contributed by atoms with Gasteiger partial charge in [0.2, 0.25) is 0 Å². The molecule has 0 N–H and O–H groups in total. The smallest absolute Gasteiger partial charge is 0.259 e. The van der Waals surface area contributed by atoms with Crippen LogP contribution in [0.4, 0.5) is 0 Å². The van der Waals surface area contributed by atoms with Gasteiger partial charge in [0, 0.05) is 10.4 Å². The predicted molar refractivity (Wildman–Crippen MR) is 73.3 cm³/mol. The lowest BCUT2D eigenvalue weighted by Gasteiger charge is -2.17. The van der Waals surface area contributed by atoms with E-state index in [-0.39, 0.29) is 0 Å². The minimum absolute atomic E-state index is 0.485. The molecule has 0 unspecified atom stereocenters. The molecule has 2 aromatic rings. The Kier molecular flexibility index (Phi) is 3.46. The number of hydrogen-bond donors (Lipinski definition) is 0. The number of aromatic nitrogens is 2. The summed E-state index contributed by atoms with van der Waals surface area (Å²) in [5.74, 6) is 1.97. The van der Waals surface area contributed by atoms with Crippen LogP contribution in [0.5, 0.6) is 0 Å². The van der Waals surface area contributed by atoms with Crippen LogP contribution < -0.4 is 0 Å². The molecule has 94 valence electrons. The molecule has 1 fully saturated rings. The Morgan fingerprint density at radius 2 is 1.89 bits per heavy atom. The Morgan fingerprint density at radius 1 is 1.11 bits per heavy atom. The summed E-state index contributed by atoms with van der Waals surface area (Å²) in [6, 6.07) is 7.93. The van der Waals surface area contributed by atoms with Crippen LogP contribution in [0.2, 0.25) is 0 Å². The Balaban J connectivity index is 1.87. The summed E-state index contributed by atoms with van der Waals surface area (Å²) in [7, 11) is 0. The van der Waals surface area contributed by atoms with Crippen molar-refractivity contribution in [2.45, 2.75) is 38.0 Å². The van der Waals surface area contributed by atoms with Gasteiger partial charge in [-0.2, -0.15) is 4.98 Å². The summed E-state index contributed by atoms with van der Waals surface area (Å²) in [4.78, 5) is 4.56. The van der Waals surface area contributed by atoms with Crippen LogP contribution in [0.3, 0.4) is 0 Å². The maximum atomic E-state index is 5.39. The average Bonchev–Trinajstić information content (AvgIpc) is 2.90. The molecule has 3 rings (SSSR count). The molecule has 0 radical (unpaired) electrons.